The van der Waals surface area contributed by atoms with Crippen LogP contribution in [-0.2, 0) is 0 Å². The molecule has 59 valence electrons. The SMILES string of the molecule is Cc1[c]cccc1[Si](C)(C)C. The molecular formula is C10H15Si. The van der Waals surface area contributed by atoms with Crippen molar-refractivity contribution in [2.24, 2.45) is 0 Å². The van der Waals surface area contributed by atoms with Gasteiger partial charge in [-0.2, -0.15) is 0 Å². The van der Waals surface area contributed by atoms with Crippen molar-refractivity contribution >= 4 is 13.3 Å². The van der Waals surface area contributed by atoms with Crippen molar-refractivity contribution in [2.45, 2.75) is 26.6 Å². The van der Waals surface area contributed by atoms with Crippen LogP contribution in [0.1, 0.15) is 5.56 Å². The Kier molecular flexibility index (Phi) is 2.19. The van der Waals surface area contributed by atoms with E-state index in [9.17, 15) is 0 Å². The monoisotopic (exact) mass is 163 g/mol. The standard InChI is InChI=1S/C10H15Si/c1-9-7-5-6-8-10(9)11(2,3)4/h5-6,8H,1-4H3. The van der Waals surface area contributed by atoms with Gasteiger partial charge in [0.2, 0.25) is 0 Å². The summed E-state index contributed by atoms with van der Waals surface area (Å²) >= 11 is 0. The van der Waals surface area contributed by atoms with Crippen LogP contribution in [0.3, 0.4) is 0 Å². The molecule has 0 atom stereocenters. The molecule has 0 fully saturated rings. The van der Waals surface area contributed by atoms with Crippen molar-refractivity contribution in [2.75, 3.05) is 0 Å². The maximum Gasteiger partial charge on any atom is 0.0779 e. The highest BCUT2D eigenvalue weighted by Gasteiger charge is 2.17. The fourth-order valence-electron chi connectivity index (χ4n) is 1.33. The lowest BCUT2D eigenvalue weighted by molar-refractivity contribution is 1.48. The molecule has 0 amide bonds. The van der Waals surface area contributed by atoms with Gasteiger partial charge in [-0.05, 0) is 18.6 Å². The molecule has 0 unspecified atom stereocenters. The van der Waals surface area contributed by atoms with E-state index in [2.05, 4.69) is 44.8 Å². The fourth-order valence-corrected chi connectivity index (χ4v) is 3.13. The number of rotatable bonds is 1. The van der Waals surface area contributed by atoms with Gasteiger partial charge in [0.25, 0.3) is 0 Å². The van der Waals surface area contributed by atoms with Gasteiger partial charge in [0.1, 0.15) is 0 Å². The topological polar surface area (TPSA) is 0 Å². The minimum atomic E-state index is -1.11. The molecule has 1 radical (unpaired) electrons. The lowest BCUT2D eigenvalue weighted by Crippen LogP contribution is -2.39. The summed E-state index contributed by atoms with van der Waals surface area (Å²) in [6.07, 6.45) is 0. The van der Waals surface area contributed by atoms with E-state index in [1.807, 2.05) is 6.07 Å². The van der Waals surface area contributed by atoms with E-state index in [4.69, 9.17) is 0 Å². The maximum absolute atomic E-state index is 3.24. The Morgan fingerprint density at radius 3 is 2.27 bits per heavy atom. The highest BCUT2D eigenvalue weighted by atomic mass is 28.3. The highest BCUT2D eigenvalue weighted by Crippen LogP contribution is 2.04. The summed E-state index contributed by atoms with van der Waals surface area (Å²) in [4.78, 5) is 0. The van der Waals surface area contributed by atoms with E-state index in [0.29, 0.717) is 0 Å². The number of aryl methyl sites for hydroxylation is 1. The molecule has 0 nitrogen and oxygen atoms in total. The summed E-state index contributed by atoms with van der Waals surface area (Å²) in [5.74, 6) is 0. The molecule has 0 N–H and O–H groups in total. The van der Waals surface area contributed by atoms with Gasteiger partial charge in [-0.1, -0.05) is 43.0 Å². The van der Waals surface area contributed by atoms with Crippen LogP contribution in [0, 0.1) is 13.0 Å². The molecule has 1 heteroatoms. The molecule has 0 aliphatic carbocycles. The Bertz CT molecular complexity index is 245. The van der Waals surface area contributed by atoms with Gasteiger partial charge >= 0.3 is 0 Å². The smallest absolute Gasteiger partial charge is 0.0656 e. The normalized spacial score (nSPS) is 11.6. The van der Waals surface area contributed by atoms with Crippen molar-refractivity contribution in [3.8, 4) is 0 Å². The van der Waals surface area contributed by atoms with E-state index >= 15 is 0 Å². The molecule has 0 aliphatic rings. The lowest BCUT2D eigenvalue weighted by Gasteiger charge is -2.18. The molecule has 0 saturated carbocycles. The third-order valence-electron chi connectivity index (χ3n) is 1.87. The average Bonchev–Trinajstić information content (AvgIpc) is 1.86. The van der Waals surface area contributed by atoms with Crippen molar-refractivity contribution in [3.05, 3.63) is 29.8 Å². The van der Waals surface area contributed by atoms with Crippen molar-refractivity contribution in [3.63, 3.8) is 0 Å². The Morgan fingerprint density at radius 2 is 1.91 bits per heavy atom. The molecule has 0 aromatic heterocycles. The molecule has 1 rings (SSSR count). The van der Waals surface area contributed by atoms with Crippen LogP contribution in [0.4, 0.5) is 0 Å². The Labute approximate surface area is 70.3 Å². The average molecular weight is 163 g/mol. The first kappa shape index (κ1) is 8.53. The highest BCUT2D eigenvalue weighted by molar-refractivity contribution is 6.89. The zero-order chi connectivity index (χ0) is 8.48. The van der Waals surface area contributed by atoms with Crippen LogP contribution in [0.25, 0.3) is 0 Å². The quantitative estimate of drug-likeness (QED) is 0.557. The third kappa shape index (κ3) is 1.93. The van der Waals surface area contributed by atoms with Crippen molar-refractivity contribution in [1.29, 1.82) is 0 Å². The van der Waals surface area contributed by atoms with Crippen LogP contribution in [0.15, 0.2) is 18.2 Å². The lowest BCUT2D eigenvalue weighted by atomic mass is 10.2. The molecule has 0 spiro atoms. The second-order valence-electron chi connectivity index (χ2n) is 3.96. The first-order chi connectivity index (χ1) is 5.02. The van der Waals surface area contributed by atoms with Gasteiger partial charge < -0.3 is 0 Å². The van der Waals surface area contributed by atoms with Crippen molar-refractivity contribution < 1.29 is 0 Å². The molecule has 1 aromatic rings. The van der Waals surface area contributed by atoms with Crippen LogP contribution in [0.2, 0.25) is 19.6 Å². The van der Waals surface area contributed by atoms with Crippen LogP contribution < -0.4 is 5.19 Å². The van der Waals surface area contributed by atoms with Crippen molar-refractivity contribution in [1.82, 2.24) is 0 Å². The van der Waals surface area contributed by atoms with Gasteiger partial charge in [-0.25, -0.2) is 0 Å². The Balaban J connectivity index is 3.14. The third-order valence-corrected chi connectivity index (χ3v) is 4.03. The predicted molar refractivity (Wildman–Crippen MR) is 53.0 cm³/mol. The number of benzene rings is 1. The molecule has 11 heavy (non-hydrogen) atoms. The van der Waals surface area contributed by atoms with Gasteiger partial charge in [0.15, 0.2) is 0 Å². The summed E-state index contributed by atoms with van der Waals surface area (Å²) in [7, 11) is -1.11. The van der Waals surface area contributed by atoms with Crippen LogP contribution in [0.5, 0.6) is 0 Å². The molecular weight excluding hydrogens is 148 g/mol. The summed E-state index contributed by atoms with van der Waals surface area (Å²) in [6.45, 7) is 9.24. The summed E-state index contributed by atoms with van der Waals surface area (Å²) < 4.78 is 0. The Morgan fingerprint density at radius 1 is 1.27 bits per heavy atom. The molecule has 0 aliphatic heterocycles. The second kappa shape index (κ2) is 2.82. The molecule has 0 bridgehead atoms. The van der Waals surface area contributed by atoms with Gasteiger partial charge in [-0.15, -0.1) is 0 Å². The van der Waals surface area contributed by atoms with Gasteiger partial charge in [-0.3, -0.25) is 0 Å². The van der Waals surface area contributed by atoms with Crippen LogP contribution >= 0.6 is 0 Å². The van der Waals surface area contributed by atoms with Gasteiger partial charge in [0, 0.05) is 0 Å². The van der Waals surface area contributed by atoms with Gasteiger partial charge in [0.05, 0.1) is 8.07 Å². The second-order valence-corrected chi connectivity index (χ2v) is 9.00. The van der Waals surface area contributed by atoms with E-state index in [1.54, 1.807) is 0 Å². The zero-order valence-electron chi connectivity index (χ0n) is 7.73. The molecule has 0 saturated heterocycles. The van der Waals surface area contributed by atoms with E-state index in [1.165, 1.54) is 10.8 Å². The van der Waals surface area contributed by atoms with E-state index in [-0.39, 0.29) is 0 Å². The molecule has 0 heterocycles. The summed E-state index contributed by atoms with van der Waals surface area (Å²) in [6, 6.07) is 9.54. The number of hydrogen-bond donors (Lipinski definition) is 0. The minimum Gasteiger partial charge on any atom is -0.0656 e. The predicted octanol–water partition coefficient (Wildman–Crippen LogP) is 2.34. The first-order valence-corrected chi connectivity index (χ1v) is 7.49. The summed E-state index contributed by atoms with van der Waals surface area (Å²) in [5.41, 5.74) is 1.33. The van der Waals surface area contributed by atoms with Crippen LogP contribution in [-0.4, -0.2) is 8.07 Å². The fraction of sp³-hybridized carbons (Fsp3) is 0.400. The van der Waals surface area contributed by atoms with E-state index < -0.39 is 8.07 Å². The molecule has 1 aromatic carbocycles. The number of hydrogen-bond acceptors (Lipinski definition) is 0. The zero-order valence-corrected chi connectivity index (χ0v) is 8.73. The largest absolute Gasteiger partial charge is 0.0779 e. The first-order valence-electron chi connectivity index (χ1n) is 3.99. The van der Waals surface area contributed by atoms with E-state index in [0.717, 1.165) is 0 Å². The minimum absolute atomic E-state index is 1.11. The summed E-state index contributed by atoms with van der Waals surface area (Å²) in [5, 5.41) is 1.53. The maximum atomic E-state index is 3.24. The Hall–Kier alpha value is -0.563.